The van der Waals surface area contributed by atoms with E-state index in [0.29, 0.717) is 11.3 Å². The Bertz CT molecular complexity index is 579. The van der Waals surface area contributed by atoms with Gasteiger partial charge in [-0.05, 0) is 12.1 Å². The van der Waals surface area contributed by atoms with Crippen LogP contribution in [0.1, 0.15) is 20.8 Å². The molecule has 0 aliphatic rings. The van der Waals surface area contributed by atoms with Gasteiger partial charge < -0.3 is 4.74 Å². The van der Waals surface area contributed by atoms with Crippen molar-refractivity contribution in [3.05, 3.63) is 53.7 Å². The van der Waals surface area contributed by atoms with Crippen LogP contribution in [0.15, 0.2) is 42.5 Å². The standard InChI is InChI=1S/C14H11NO3/c1-18-14(17)12-8-7-11(9-16)13(15-12)10-5-3-2-4-6-10/h2-9H,1H3. The molecule has 90 valence electrons. The SMILES string of the molecule is COC(=O)c1ccc(C=O)c(-c2ccccc2)n1. The molecule has 0 unspecified atom stereocenters. The lowest BCUT2D eigenvalue weighted by Crippen LogP contribution is -2.06. The second-order valence-corrected chi connectivity index (χ2v) is 3.61. The average molecular weight is 241 g/mol. The molecule has 0 radical (unpaired) electrons. The number of carbonyl (C=O) groups excluding carboxylic acids is 2. The van der Waals surface area contributed by atoms with E-state index in [-0.39, 0.29) is 5.69 Å². The first-order valence-electron chi connectivity index (χ1n) is 5.36. The fourth-order valence-electron chi connectivity index (χ4n) is 1.61. The summed E-state index contributed by atoms with van der Waals surface area (Å²) < 4.78 is 4.61. The van der Waals surface area contributed by atoms with Gasteiger partial charge in [0.05, 0.1) is 12.8 Å². The third-order valence-electron chi connectivity index (χ3n) is 2.50. The molecule has 0 spiro atoms. The minimum atomic E-state index is -0.523. The molecule has 4 nitrogen and oxygen atoms in total. The highest BCUT2D eigenvalue weighted by Gasteiger charge is 2.12. The maximum absolute atomic E-state index is 11.4. The van der Waals surface area contributed by atoms with E-state index in [9.17, 15) is 9.59 Å². The van der Waals surface area contributed by atoms with Crippen molar-refractivity contribution in [3.63, 3.8) is 0 Å². The van der Waals surface area contributed by atoms with Gasteiger partial charge in [0, 0.05) is 11.1 Å². The normalized spacial score (nSPS) is 9.83. The second kappa shape index (κ2) is 5.23. The Hall–Kier alpha value is -2.49. The predicted molar refractivity (Wildman–Crippen MR) is 66.4 cm³/mol. The largest absolute Gasteiger partial charge is 0.464 e. The Morgan fingerprint density at radius 3 is 2.50 bits per heavy atom. The van der Waals surface area contributed by atoms with Crippen LogP contribution in [0, 0.1) is 0 Å². The number of ether oxygens (including phenoxy) is 1. The number of esters is 1. The first-order valence-corrected chi connectivity index (χ1v) is 5.36. The van der Waals surface area contributed by atoms with E-state index in [4.69, 9.17) is 0 Å². The molecule has 1 aromatic carbocycles. The zero-order valence-electron chi connectivity index (χ0n) is 9.79. The van der Waals surface area contributed by atoms with Crippen LogP contribution >= 0.6 is 0 Å². The van der Waals surface area contributed by atoms with Crippen molar-refractivity contribution in [2.75, 3.05) is 7.11 Å². The number of aldehydes is 1. The summed E-state index contributed by atoms with van der Waals surface area (Å²) in [7, 11) is 1.29. The molecule has 1 aromatic heterocycles. The van der Waals surface area contributed by atoms with E-state index in [0.717, 1.165) is 11.8 Å². The van der Waals surface area contributed by atoms with E-state index in [2.05, 4.69) is 9.72 Å². The summed E-state index contributed by atoms with van der Waals surface area (Å²) in [6, 6.07) is 12.3. The highest BCUT2D eigenvalue weighted by atomic mass is 16.5. The number of aromatic nitrogens is 1. The third-order valence-corrected chi connectivity index (χ3v) is 2.50. The molecule has 0 fully saturated rings. The molecular formula is C14H11NO3. The fourth-order valence-corrected chi connectivity index (χ4v) is 1.61. The van der Waals surface area contributed by atoms with Gasteiger partial charge in [0.15, 0.2) is 6.29 Å². The minimum Gasteiger partial charge on any atom is -0.464 e. The van der Waals surface area contributed by atoms with Gasteiger partial charge in [-0.2, -0.15) is 0 Å². The van der Waals surface area contributed by atoms with E-state index in [1.165, 1.54) is 13.2 Å². The first kappa shape index (κ1) is 12.0. The molecule has 2 aromatic rings. The molecule has 2 rings (SSSR count). The van der Waals surface area contributed by atoms with Crippen molar-refractivity contribution >= 4 is 12.3 Å². The van der Waals surface area contributed by atoms with Gasteiger partial charge in [0.25, 0.3) is 0 Å². The Morgan fingerprint density at radius 1 is 1.17 bits per heavy atom. The van der Waals surface area contributed by atoms with Gasteiger partial charge in [0.1, 0.15) is 5.69 Å². The van der Waals surface area contributed by atoms with Gasteiger partial charge in [-0.1, -0.05) is 30.3 Å². The smallest absolute Gasteiger partial charge is 0.356 e. The average Bonchev–Trinajstić information content (AvgIpc) is 2.46. The number of nitrogens with zero attached hydrogens (tertiary/aromatic N) is 1. The molecule has 18 heavy (non-hydrogen) atoms. The summed E-state index contributed by atoms with van der Waals surface area (Å²) in [5.41, 5.74) is 1.88. The molecule has 0 amide bonds. The van der Waals surface area contributed by atoms with Gasteiger partial charge in [-0.15, -0.1) is 0 Å². The monoisotopic (exact) mass is 241 g/mol. The topological polar surface area (TPSA) is 56.3 Å². The zero-order chi connectivity index (χ0) is 13.0. The van der Waals surface area contributed by atoms with Crippen LogP contribution < -0.4 is 0 Å². The third kappa shape index (κ3) is 2.27. The molecule has 1 heterocycles. The minimum absolute atomic E-state index is 0.182. The lowest BCUT2D eigenvalue weighted by atomic mass is 10.1. The molecule has 0 saturated carbocycles. The van der Waals surface area contributed by atoms with Gasteiger partial charge >= 0.3 is 5.97 Å². The number of methoxy groups -OCH3 is 1. The Balaban J connectivity index is 2.57. The maximum Gasteiger partial charge on any atom is 0.356 e. The summed E-state index contributed by atoms with van der Waals surface area (Å²) >= 11 is 0. The van der Waals surface area contributed by atoms with Crippen LogP contribution in [0.5, 0.6) is 0 Å². The molecule has 0 N–H and O–H groups in total. The summed E-state index contributed by atoms with van der Waals surface area (Å²) in [5.74, 6) is -0.523. The summed E-state index contributed by atoms with van der Waals surface area (Å²) in [5, 5.41) is 0. The maximum atomic E-state index is 11.4. The zero-order valence-corrected chi connectivity index (χ0v) is 9.79. The van der Waals surface area contributed by atoms with Crippen LogP contribution in [0.4, 0.5) is 0 Å². The predicted octanol–water partition coefficient (Wildman–Crippen LogP) is 2.35. The van der Waals surface area contributed by atoms with Crippen molar-refractivity contribution in [2.45, 2.75) is 0 Å². The van der Waals surface area contributed by atoms with Crippen molar-refractivity contribution in [1.29, 1.82) is 0 Å². The quantitative estimate of drug-likeness (QED) is 0.611. The summed E-state index contributed by atoms with van der Waals surface area (Å²) in [6.07, 6.45) is 0.719. The van der Waals surface area contributed by atoms with E-state index < -0.39 is 5.97 Å². The number of benzene rings is 1. The number of carbonyl (C=O) groups is 2. The van der Waals surface area contributed by atoms with Gasteiger partial charge in [-0.3, -0.25) is 4.79 Å². The highest BCUT2D eigenvalue weighted by Crippen LogP contribution is 2.20. The lowest BCUT2D eigenvalue weighted by molar-refractivity contribution is 0.0594. The fraction of sp³-hybridized carbons (Fsp3) is 0.0714. The van der Waals surface area contributed by atoms with Crippen LogP contribution in [0.25, 0.3) is 11.3 Å². The number of hydrogen-bond donors (Lipinski definition) is 0. The van der Waals surface area contributed by atoms with E-state index >= 15 is 0 Å². The molecule has 0 atom stereocenters. The first-order chi connectivity index (χ1) is 8.76. The van der Waals surface area contributed by atoms with Crippen LogP contribution in [-0.2, 0) is 4.74 Å². The number of pyridine rings is 1. The van der Waals surface area contributed by atoms with Crippen molar-refractivity contribution < 1.29 is 14.3 Å². The highest BCUT2D eigenvalue weighted by molar-refractivity contribution is 5.91. The van der Waals surface area contributed by atoms with Crippen LogP contribution in [-0.4, -0.2) is 24.3 Å². The van der Waals surface area contributed by atoms with Gasteiger partial charge in [-0.25, -0.2) is 9.78 Å². The molecular weight excluding hydrogens is 230 g/mol. The van der Waals surface area contributed by atoms with Crippen molar-refractivity contribution in [1.82, 2.24) is 4.98 Å². The summed E-state index contributed by atoms with van der Waals surface area (Å²) in [6.45, 7) is 0. The van der Waals surface area contributed by atoms with Crippen molar-refractivity contribution in [2.24, 2.45) is 0 Å². The number of hydrogen-bond acceptors (Lipinski definition) is 4. The van der Waals surface area contributed by atoms with Gasteiger partial charge in [0.2, 0.25) is 0 Å². The number of rotatable bonds is 3. The lowest BCUT2D eigenvalue weighted by Gasteiger charge is -2.06. The van der Waals surface area contributed by atoms with Crippen molar-refractivity contribution in [3.8, 4) is 11.3 Å². The Morgan fingerprint density at radius 2 is 1.89 bits per heavy atom. The molecule has 0 aliphatic heterocycles. The second-order valence-electron chi connectivity index (χ2n) is 3.61. The Labute approximate surface area is 104 Å². The Kier molecular flexibility index (Phi) is 3.48. The molecule has 0 bridgehead atoms. The van der Waals surface area contributed by atoms with Crippen LogP contribution in [0.2, 0.25) is 0 Å². The molecule has 0 aliphatic carbocycles. The summed E-state index contributed by atoms with van der Waals surface area (Å²) in [4.78, 5) is 26.6. The van der Waals surface area contributed by atoms with E-state index in [1.807, 2.05) is 30.3 Å². The molecule has 4 heteroatoms. The molecule has 0 saturated heterocycles. The van der Waals surface area contributed by atoms with Crippen LogP contribution in [0.3, 0.4) is 0 Å². The van der Waals surface area contributed by atoms with E-state index in [1.54, 1.807) is 6.07 Å².